The number of nitrogens with zero attached hydrogens (tertiary/aromatic N) is 2. The van der Waals surface area contributed by atoms with E-state index in [1.54, 1.807) is 18.2 Å². The van der Waals surface area contributed by atoms with Crippen LogP contribution in [0.25, 0.3) is 11.5 Å². The second kappa shape index (κ2) is 9.73. The molecule has 158 valence electrons. The molecule has 3 rings (SSSR count). The van der Waals surface area contributed by atoms with Crippen molar-refractivity contribution in [2.75, 3.05) is 25.1 Å². The Bertz CT molecular complexity index is 994. The van der Waals surface area contributed by atoms with Gasteiger partial charge in [-0.2, -0.15) is 0 Å². The van der Waals surface area contributed by atoms with E-state index in [0.29, 0.717) is 42.6 Å². The normalized spacial score (nSPS) is 10.5. The van der Waals surface area contributed by atoms with Crippen molar-refractivity contribution in [3.8, 4) is 28.7 Å². The molecule has 30 heavy (non-hydrogen) atoms. The van der Waals surface area contributed by atoms with Crippen molar-refractivity contribution in [2.45, 2.75) is 20.8 Å². The minimum absolute atomic E-state index is 0.0847. The molecule has 2 aromatic carbocycles. The van der Waals surface area contributed by atoms with Crippen molar-refractivity contribution < 1.29 is 27.8 Å². The number of benzene rings is 2. The summed E-state index contributed by atoms with van der Waals surface area (Å²) in [6.07, 6.45) is 0. The average molecular weight is 415 g/mol. The predicted molar refractivity (Wildman–Crippen MR) is 108 cm³/mol. The summed E-state index contributed by atoms with van der Waals surface area (Å²) < 4.78 is 35.7. The topological polar surface area (TPSA) is 95.7 Å². The molecule has 0 aliphatic heterocycles. The Morgan fingerprint density at radius 2 is 1.67 bits per heavy atom. The quantitative estimate of drug-likeness (QED) is 0.556. The number of nitrogens with one attached hydrogen (secondary N) is 1. The van der Waals surface area contributed by atoms with Gasteiger partial charge in [-0.1, -0.05) is 11.2 Å². The molecule has 0 atom stereocenters. The Morgan fingerprint density at radius 1 is 1.00 bits per heavy atom. The van der Waals surface area contributed by atoms with Crippen molar-refractivity contribution in [1.82, 2.24) is 10.2 Å². The molecule has 1 N–H and O–H groups in total. The first-order chi connectivity index (χ1) is 14.5. The first kappa shape index (κ1) is 21.1. The third-order valence-electron chi connectivity index (χ3n) is 3.89. The molecule has 0 saturated carbocycles. The number of amides is 1. The number of carbonyl (C=O) groups excluding carboxylic acids is 1. The first-order valence-electron chi connectivity index (χ1n) is 9.52. The SMILES string of the molecule is CCOc1cc(C(=O)Nc2nnc(-c3cccc(F)c3)o2)cc(OCC)c1OCC. The summed E-state index contributed by atoms with van der Waals surface area (Å²) in [4.78, 5) is 12.7. The van der Waals surface area contributed by atoms with E-state index in [4.69, 9.17) is 18.6 Å². The Balaban J connectivity index is 1.86. The van der Waals surface area contributed by atoms with Gasteiger partial charge in [0.2, 0.25) is 11.6 Å². The molecule has 0 saturated heterocycles. The van der Waals surface area contributed by atoms with Crippen molar-refractivity contribution in [3.63, 3.8) is 0 Å². The maximum atomic E-state index is 13.4. The van der Waals surface area contributed by atoms with E-state index in [-0.39, 0.29) is 17.5 Å². The van der Waals surface area contributed by atoms with Crippen LogP contribution in [-0.2, 0) is 0 Å². The van der Waals surface area contributed by atoms with Gasteiger partial charge in [-0.3, -0.25) is 10.1 Å². The molecule has 1 heterocycles. The summed E-state index contributed by atoms with van der Waals surface area (Å²) in [5.41, 5.74) is 0.664. The summed E-state index contributed by atoms with van der Waals surface area (Å²) in [5.74, 6) is 0.361. The van der Waals surface area contributed by atoms with Crippen LogP contribution in [0.2, 0.25) is 0 Å². The second-order valence-corrected chi connectivity index (χ2v) is 5.98. The van der Waals surface area contributed by atoms with Gasteiger partial charge >= 0.3 is 6.01 Å². The van der Waals surface area contributed by atoms with Crippen LogP contribution < -0.4 is 19.5 Å². The van der Waals surface area contributed by atoms with Crippen molar-refractivity contribution in [3.05, 3.63) is 47.8 Å². The molecule has 3 aromatic rings. The van der Waals surface area contributed by atoms with E-state index >= 15 is 0 Å². The number of aromatic nitrogens is 2. The number of hydrogen-bond acceptors (Lipinski definition) is 7. The van der Waals surface area contributed by atoms with Gasteiger partial charge < -0.3 is 18.6 Å². The zero-order valence-electron chi connectivity index (χ0n) is 16.9. The van der Waals surface area contributed by atoms with Gasteiger partial charge in [0.05, 0.1) is 19.8 Å². The lowest BCUT2D eigenvalue weighted by Crippen LogP contribution is -2.13. The third-order valence-corrected chi connectivity index (χ3v) is 3.89. The van der Waals surface area contributed by atoms with Crippen LogP contribution in [0.15, 0.2) is 40.8 Å². The van der Waals surface area contributed by atoms with Crippen molar-refractivity contribution in [1.29, 1.82) is 0 Å². The molecule has 8 nitrogen and oxygen atoms in total. The summed E-state index contributed by atoms with van der Waals surface area (Å²) >= 11 is 0. The fourth-order valence-corrected chi connectivity index (χ4v) is 2.70. The average Bonchev–Trinajstić information content (AvgIpc) is 3.19. The lowest BCUT2D eigenvalue weighted by atomic mass is 10.1. The maximum absolute atomic E-state index is 13.4. The molecule has 0 unspecified atom stereocenters. The lowest BCUT2D eigenvalue weighted by molar-refractivity contribution is 0.102. The molecule has 0 spiro atoms. The van der Waals surface area contributed by atoms with Crippen LogP contribution in [-0.4, -0.2) is 35.9 Å². The van der Waals surface area contributed by atoms with Gasteiger partial charge in [-0.15, -0.1) is 5.10 Å². The molecule has 1 amide bonds. The lowest BCUT2D eigenvalue weighted by Gasteiger charge is -2.16. The number of halogens is 1. The zero-order chi connectivity index (χ0) is 21.5. The van der Waals surface area contributed by atoms with E-state index in [1.165, 1.54) is 18.2 Å². The molecule has 9 heteroatoms. The maximum Gasteiger partial charge on any atom is 0.322 e. The van der Waals surface area contributed by atoms with E-state index < -0.39 is 11.7 Å². The minimum atomic E-state index is -0.505. The summed E-state index contributed by atoms with van der Waals surface area (Å²) in [7, 11) is 0. The monoisotopic (exact) mass is 415 g/mol. The molecule has 1 aromatic heterocycles. The Kier molecular flexibility index (Phi) is 6.84. The van der Waals surface area contributed by atoms with Gasteiger partial charge in [0.15, 0.2) is 11.5 Å². The number of anilines is 1. The van der Waals surface area contributed by atoms with Gasteiger partial charge in [-0.05, 0) is 51.1 Å². The fourth-order valence-electron chi connectivity index (χ4n) is 2.70. The molecule has 0 aliphatic carbocycles. The largest absolute Gasteiger partial charge is 0.490 e. The molecular formula is C21H22FN3O5. The number of ether oxygens (including phenoxy) is 3. The third kappa shape index (κ3) is 4.86. The van der Waals surface area contributed by atoms with Crippen LogP contribution in [0.1, 0.15) is 31.1 Å². The van der Waals surface area contributed by atoms with E-state index in [0.717, 1.165) is 0 Å². The van der Waals surface area contributed by atoms with Crippen molar-refractivity contribution in [2.24, 2.45) is 0 Å². The molecule has 0 bridgehead atoms. The highest BCUT2D eigenvalue weighted by atomic mass is 19.1. The fraction of sp³-hybridized carbons (Fsp3) is 0.286. The smallest absolute Gasteiger partial charge is 0.322 e. The van der Waals surface area contributed by atoms with Crippen molar-refractivity contribution >= 4 is 11.9 Å². The predicted octanol–water partition coefficient (Wildman–Crippen LogP) is 4.32. The summed E-state index contributed by atoms with van der Waals surface area (Å²) in [6, 6.07) is 8.69. The van der Waals surface area contributed by atoms with Crippen LogP contribution in [0.4, 0.5) is 10.4 Å². The van der Waals surface area contributed by atoms with Gasteiger partial charge in [-0.25, -0.2) is 4.39 Å². The Labute approximate surface area is 173 Å². The molecule has 0 radical (unpaired) electrons. The number of carbonyl (C=O) groups is 1. The second-order valence-electron chi connectivity index (χ2n) is 5.98. The van der Waals surface area contributed by atoms with Gasteiger partial charge in [0, 0.05) is 11.1 Å². The highest BCUT2D eigenvalue weighted by Crippen LogP contribution is 2.39. The van der Waals surface area contributed by atoms with E-state index in [2.05, 4.69) is 15.5 Å². The van der Waals surface area contributed by atoms with Crippen LogP contribution >= 0.6 is 0 Å². The van der Waals surface area contributed by atoms with E-state index in [9.17, 15) is 9.18 Å². The van der Waals surface area contributed by atoms with Gasteiger partial charge in [0.1, 0.15) is 5.82 Å². The summed E-state index contributed by atoms with van der Waals surface area (Å²) in [5, 5.41) is 10.2. The Hall–Kier alpha value is -3.62. The van der Waals surface area contributed by atoms with Crippen LogP contribution in [0.5, 0.6) is 17.2 Å². The highest BCUT2D eigenvalue weighted by Gasteiger charge is 2.20. The van der Waals surface area contributed by atoms with Gasteiger partial charge in [0.25, 0.3) is 5.91 Å². The first-order valence-corrected chi connectivity index (χ1v) is 9.52. The van der Waals surface area contributed by atoms with Crippen LogP contribution in [0, 0.1) is 5.82 Å². The standard InChI is InChI=1S/C21H22FN3O5/c1-4-27-16-11-14(12-17(28-5-2)18(16)29-6-3)19(26)23-21-25-24-20(30-21)13-8-7-9-15(22)10-13/h7-12H,4-6H2,1-3H3,(H,23,25,26). The molecule has 0 fully saturated rings. The molecular weight excluding hydrogens is 393 g/mol. The molecule has 0 aliphatic rings. The number of rotatable bonds is 9. The zero-order valence-corrected chi connectivity index (χ0v) is 16.9. The highest BCUT2D eigenvalue weighted by molar-refractivity contribution is 6.04. The van der Waals surface area contributed by atoms with E-state index in [1.807, 2.05) is 20.8 Å². The van der Waals surface area contributed by atoms with Crippen LogP contribution in [0.3, 0.4) is 0 Å². The summed E-state index contributed by atoms with van der Waals surface area (Å²) in [6.45, 7) is 6.69. The Morgan fingerprint density at radius 3 is 2.27 bits per heavy atom. The minimum Gasteiger partial charge on any atom is -0.490 e. The number of hydrogen-bond donors (Lipinski definition) is 1.